The quantitative estimate of drug-likeness (QED) is 0.898. The average molecular weight is 283 g/mol. The van der Waals surface area contributed by atoms with Crippen LogP contribution in [0.25, 0.3) is 0 Å². The Morgan fingerprint density at radius 3 is 2.26 bits per heavy atom. The molecule has 2 rings (SSSR count). The highest BCUT2D eigenvalue weighted by Crippen LogP contribution is 2.19. The van der Waals surface area contributed by atoms with Crippen LogP contribution in [0.1, 0.15) is 12.8 Å². The van der Waals surface area contributed by atoms with Gasteiger partial charge in [0.05, 0.1) is 0 Å². The van der Waals surface area contributed by atoms with Gasteiger partial charge in [-0.25, -0.2) is 0 Å². The summed E-state index contributed by atoms with van der Waals surface area (Å²) in [7, 11) is -0.229. The third kappa shape index (κ3) is 3.68. The monoisotopic (exact) mass is 283 g/mol. The van der Waals surface area contributed by atoms with Crippen molar-refractivity contribution >= 4 is 15.9 Å². The van der Waals surface area contributed by atoms with Crippen LogP contribution in [-0.4, -0.2) is 45.9 Å². The summed E-state index contributed by atoms with van der Waals surface area (Å²) in [6.07, 6.45) is 1.67. The summed E-state index contributed by atoms with van der Waals surface area (Å²) in [5, 5.41) is 0. The van der Waals surface area contributed by atoms with Gasteiger partial charge in [-0.2, -0.15) is 17.4 Å². The highest BCUT2D eigenvalue weighted by molar-refractivity contribution is 7.87. The Morgan fingerprint density at radius 1 is 1.16 bits per heavy atom. The van der Waals surface area contributed by atoms with Crippen LogP contribution in [0.3, 0.4) is 0 Å². The second-order valence-electron chi connectivity index (χ2n) is 5.00. The van der Waals surface area contributed by atoms with Gasteiger partial charge in [-0.05, 0) is 25.0 Å². The molecule has 1 fully saturated rings. The Hall–Kier alpha value is -1.11. The lowest BCUT2D eigenvalue weighted by Crippen LogP contribution is -2.47. The predicted molar refractivity (Wildman–Crippen MR) is 77.4 cm³/mol. The van der Waals surface area contributed by atoms with Crippen molar-refractivity contribution < 1.29 is 8.42 Å². The van der Waals surface area contributed by atoms with Crippen LogP contribution in [0, 0.1) is 0 Å². The minimum absolute atomic E-state index is 0.0346. The standard InChI is InChI=1S/C13H21N3O2S/c1-15(2)19(17,18)14-12-8-10-16(11-9-12)13-6-4-3-5-7-13/h3-7,12,14H,8-11H2,1-2H3. The maximum atomic E-state index is 11.8. The predicted octanol–water partition coefficient (Wildman–Crippen LogP) is 1.05. The third-order valence-electron chi connectivity index (χ3n) is 3.41. The molecule has 1 aromatic rings. The van der Waals surface area contributed by atoms with E-state index in [9.17, 15) is 8.42 Å². The van der Waals surface area contributed by atoms with Gasteiger partial charge in [0.25, 0.3) is 10.2 Å². The number of nitrogens with zero attached hydrogens (tertiary/aromatic N) is 2. The van der Waals surface area contributed by atoms with Crippen LogP contribution >= 0.6 is 0 Å². The van der Waals surface area contributed by atoms with Gasteiger partial charge in [0.2, 0.25) is 0 Å². The summed E-state index contributed by atoms with van der Waals surface area (Å²) in [4.78, 5) is 2.29. The number of hydrogen-bond donors (Lipinski definition) is 1. The van der Waals surface area contributed by atoms with E-state index in [1.807, 2.05) is 18.2 Å². The molecule has 1 heterocycles. The molecule has 1 aromatic carbocycles. The lowest BCUT2D eigenvalue weighted by atomic mass is 10.1. The third-order valence-corrected chi connectivity index (χ3v) is 5.01. The van der Waals surface area contributed by atoms with Gasteiger partial charge >= 0.3 is 0 Å². The van der Waals surface area contributed by atoms with E-state index in [2.05, 4.69) is 21.8 Å². The zero-order valence-corrected chi connectivity index (χ0v) is 12.2. The van der Waals surface area contributed by atoms with Crippen molar-refractivity contribution in [2.75, 3.05) is 32.1 Å². The fourth-order valence-electron chi connectivity index (χ4n) is 2.21. The average Bonchev–Trinajstić information content (AvgIpc) is 2.40. The molecule has 5 nitrogen and oxygen atoms in total. The van der Waals surface area contributed by atoms with E-state index in [4.69, 9.17) is 0 Å². The van der Waals surface area contributed by atoms with Crippen molar-refractivity contribution in [1.82, 2.24) is 9.03 Å². The second-order valence-corrected chi connectivity index (χ2v) is 6.92. The molecule has 6 heteroatoms. The number of anilines is 1. The number of para-hydroxylation sites is 1. The summed E-state index contributed by atoms with van der Waals surface area (Å²) in [6, 6.07) is 10.3. The summed E-state index contributed by atoms with van der Waals surface area (Å²) in [6.45, 7) is 1.76. The van der Waals surface area contributed by atoms with Crippen molar-refractivity contribution in [3.05, 3.63) is 30.3 Å². The molecule has 106 valence electrons. The van der Waals surface area contributed by atoms with Crippen LogP contribution in [0.5, 0.6) is 0 Å². The fraction of sp³-hybridized carbons (Fsp3) is 0.538. The molecule has 0 aliphatic carbocycles. The topological polar surface area (TPSA) is 52.7 Å². The first kappa shape index (κ1) is 14.3. The molecule has 0 radical (unpaired) electrons. The molecule has 19 heavy (non-hydrogen) atoms. The number of hydrogen-bond acceptors (Lipinski definition) is 3. The molecular weight excluding hydrogens is 262 g/mol. The Kier molecular flexibility index (Phi) is 4.44. The Balaban J connectivity index is 1.90. The van der Waals surface area contributed by atoms with Crippen molar-refractivity contribution in [3.8, 4) is 0 Å². The molecule has 0 atom stereocenters. The smallest absolute Gasteiger partial charge is 0.279 e. The number of piperidine rings is 1. The highest BCUT2D eigenvalue weighted by atomic mass is 32.2. The Labute approximate surface area is 115 Å². The maximum absolute atomic E-state index is 11.8. The van der Waals surface area contributed by atoms with Crippen molar-refractivity contribution in [2.24, 2.45) is 0 Å². The molecule has 1 aliphatic rings. The first-order valence-corrected chi connectivity index (χ1v) is 7.93. The largest absolute Gasteiger partial charge is 0.371 e. The van der Waals surface area contributed by atoms with E-state index in [0.717, 1.165) is 25.9 Å². The van der Waals surface area contributed by atoms with Crippen molar-refractivity contribution in [2.45, 2.75) is 18.9 Å². The van der Waals surface area contributed by atoms with E-state index >= 15 is 0 Å². The van der Waals surface area contributed by atoms with Crippen molar-refractivity contribution in [1.29, 1.82) is 0 Å². The lowest BCUT2D eigenvalue weighted by Gasteiger charge is -2.34. The zero-order chi connectivity index (χ0) is 13.9. The van der Waals surface area contributed by atoms with E-state index in [1.54, 1.807) is 14.1 Å². The van der Waals surface area contributed by atoms with E-state index in [0.29, 0.717) is 0 Å². The number of nitrogens with one attached hydrogen (secondary N) is 1. The molecule has 0 amide bonds. The molecule has 0 bridgehead atoms. The second kappa shape index (κ2) is 5.90. The van der Waals surface area contributed by atoms with Crippen LogP contribution in [-0.2, 0) is 10.2 Å². The number of benzene rings is 1. The minimum Gasteiger partial charge on any atom is -0.371 e. The summed E-state index contributed by atoms with van der Waals surface area (Å²) in [5.74, 6) is 0. The first-order chi connectivity index (χ1) is 8.99. The first-order valence-electron chi connectivity index (χ1n) is 6.49. The Bertz CT molecular complexity index is 494. The summed E-state index contributed by atoms with van der Waals surface area (Å²) >= 11 is 0. The highest BCUT2D eigenvalue weighted by Gasteiger charge is 2.24. The molecule has 0 spiro atoms. The van der Waals surface area contributed by atoms with Crippen LogP contribution in [0.4, 0.5) is 5.69 Å². The van der Waals surface area contributed by atoms with Gasteiger partial charge in [-0.15, -0.1) is 0 Å². The molecule has 0 aromatic heterocycles. The van der Waals surface area contributed by atoms with Gasteiger partial charge < -0.3 is 4.90 Å². The normalized spacial score (nSPS) is 17.9. The van der Waals surface area contributed by atoms with Gasteiger partial charge in [-0.1, -0.05) is 18.2 Å². The molecule has 1 saturated heterocycles. The molecule has 0 unspecified atom stereocenters. The maximum Gasteiger partial charge on any atom is 0.279 e. The van der Waals surface area contributed by atoms with E-state index in [-0.39, 0.29) is 6.04 Å². The van der Waals surface area contributed by atoms with Crippen LogP contribution < -0.4 is 9.62 Å². The fourth-order valence-corrected chi connectivity index (χ4v) is 3.08. The number of rotatable bonds is 4. The van der Waals surface area contributed by atoms with Gasteiger partial charge in [0, 0.05) is 38.9 Å². The van der Waals surface area contributed by atoms with Crippen molar-refractivity contribution in [3.63, 3.8) is 0 Å². The van der Waals surface area contributed by atoms with Gasteiger partial charge in [-0.3, -0.25) is 0 Å². The lowest BCUT2D eigenvalue weighted by molar-refractivity contribution is 0.437. The summed E-state index contributed by atoms with van der Waals surface area (Å²) < 4.78 is 27.5. The molecule has 1 N–H and O–H groups in total. The zero-order valence-electron chi connectivity index (χ0n) is 11.4. The Morgan fingerprint density at radius 2 is 1.74 bits per heavy atom. The van der Waals surface area contributed by atoms with E-state index < -0.39 is 10.2 Å². The van der Waals surface area contributed by atoms with E-state index in [1.165, 1.54) is 9.99 Å². The van der Waals surface area contributed by atoms with Crippen LogP contribution in [0.2, 0.25) is 0 Å². The van der Waals surface area contributed by atoms with Gasteiger partial charge in [0.15, 0.2) is 0 Å². The minimum atomic E-state index is -3.32. The summed E-state index contributed by atoms with van der Waals surface area (Å²) in [5.41, 5.74) is 1.21. The van der Waals surface area contributed by atoms with Gasteiger partial charge in [0.1, 0.15) is 0 Å². The molecule has 0 saturated carbocycles. The molecular formula is C13H21N3O2S. The van der Waals surface area contributed by atoms with Crippen LogP contribution in [0.15, 0.2) is 30.3 Å². The molecule has 1 aliphatic heterocycles. The SMILES string of the molecule is CN(C)S(=O)(=O)NC1CCN(c2ccccc2)CC1.